The summed E-state index contributed by atoms with van der Waals surface area (Å²) in [6.45, 7) is 1.65. The zero-order chi connectivity index (χ0) is 21.2. The van der Waals surface area contributed by atoms with Gasteiger partial charge < -0.3 is 9.64 Å². The molecular weight excluding hydrogens is 409 g/mol. The minimum absolute atomic E-state index is 0.0177. The molecule has 1 aliphatic heterocycles. The average Bonchev–Trinajstić information content (AvgIpc) is 2.65. The highest BCUT2D eigenvalue weighted by Gasteiger charge is 2.32. The molecule has 0 saturated carbocycles. The number of nitrogens with zero attached hydrogens (tertiary/aromatic N) is 1. The lowest BCUT2D eigenvalue weighted by Gasteiger charge is -2.28. The zero-order valence-electron chi connectivity index (χ0n) is 15.5. The van der Waals surface area contributed by atoms with Gasteiger partial charge in [0.25, 0.3) is 0 Å². The number of hydrogen-bond donors (Lipinski definition) is 1. The molecule has 0 saturated heterocycles. The number of hydrogen-bond acceptors (Lipinski definition) is 4. The Balaban J connectivity index is 1.80. The molecule has 0 atom stereocenters. The molecule has 10 heteroatoms. The molecular formula is C19H19F3N2O4S. The van der Waals surface area contributed by atoms with E-state index in [9.17, 15) is 26.4 Å². The molecule has 29 heavy (non-hydrogen) atoms. The van der Waals surface area contributed by atoms with Gasteiger partial charge in [0.1, 0.15) is 5.75 Å². The average molecular weight is 428 g/mol. The molecule has 3 rings (SSSR count). The molecule has 0 aromatic heterocycles. The van der Waals surface area contributed by atoms with E-state index in [1.54, 1.807) is 11.0 Å². The highest BCUT2D eigenvalue weighted by Crippen LogP contribution is 2.30. The molecule has 1 heterocycles. The number of sulfonamides is 1. The van der Waals surface area contributed by atoms with E-state index >= 15 is 0 Å². The Morgan fingerprint density at radius 2 is 1.93 bits per heavy atom. The van der Waals surface area contributed by atoms with Crippen molar-refractivity contribution in [3.05, 3.63) is 53.6 Å². The summed E-state index contributed by atoms with van der Waals surface area (Å²) in [5.74, 6) is -0.591. The molecule has 156 valence electrons. The molecule has 2 aromatic rings. The van der Waals surface area contributed by atoms with E-state index in [4.69, 9.17) is 0 Å². The SMILES string of the molecule is CC(=O)N1CCCc2cc(S(=O)(=O)NCc3ccccc3OC(F)(F)F)ccc21. The molecule has 1 aliphatic rings. The highest BCUT2D eigenvalue weighted by molar-refractivity contribution is 7.89. The number of carbonyl (C=O) groups excluding carboxylic acids is 1. The molecule has 0 unspecified atom stereocenters. The first kappa shape index (κ1) is 21.1. The fraction of sp³-hybridized carbons (Fsp3) is 0.316. The van der Waals surface area contributed by atoms with Crippen molar-refractivity contribution >= 4 is 21.6 Å². The van der Waals surface area contributed by atoms with Crippen molar-refractivity contribution in [1.29, 1.82) is 0 Å². The largest absolute Gasteiger partial charge is 0.573 e. The maximum atomic E-state index is 12.6. The van der Waals surface area contributed by atoms with Gasteiger partial charge in [-0.05, 0) is 42.7 Å². The number of carbonyl (C=O) groups is 1. The Morgan fingerprint density at radius 3 is 2.62 bits per heavy atom. The van der Waals surface area contributed by atoms with Gasteiger partial charge in [0.15, 0.2) is 0 Å². The van der Waals surface area contributed by atoms with Crippen molar-refractivity contribution in [2.45, 2.75) is 37.6 Å². The second-order valence-electron chi connectivity index (χ2n) is 6.54. The van der Waals surface area contributed by atoms with E-state index in [0.717, 1.165) is 11.6 Å². The van der Waals surface area contributed by atoms with Crippen LogP contribution in [0.5, 0.6) is 5.75 Å². The minimum Gasteiger partial charge on any atom is -0.405 e. The van der Waals surface area contributed by atoms with Gasteiger partial charge in [-0.3, -0.25) is 4.79 Å². The summed E-state index contributed by atoms with van der Waals surface area (Å²) in [6.07, 6.45) is -3.54. The summed E-state index contributed by atoms with van der Waals surface area (Å²) in [5.41, 5.74) is 1.45. The third kappa shape index (κ3) is 5.07. The van der Waals surface area contributed by atoms with Gasteiger partial charge in [-0.15, -0.1) is 13.2 Å². The van der Waals surface area contributed by atoms with Crippen LogP contribution in [0.3, 0.4) is 0 Å². The molecule has 0 spiro atoms. The Kier molecular flexibility index (Phi) is 5.85. The number of amides is 1. The Labute approximate surface area is 166 Å². The number of rotatable bonds is 5. The first-order valence-corrected chi connectivity index (χ1v) is 10.3. The maximum Gasteiger partial charge on any atom is 0.573 e. The molecule has 6 nitrogen and oxygen atoms in total. The first-order chi connectivity index (χ1) is 13.6. The molecule has 0 bridgehead atoms. The van der Waals surface area contributed by atoms with Crippen molar-refractivity contribution in [2.75, 3.05) is 11.4 Å². The third-order valence-electron chi connectivity index (χ3n) is 4.51. The van der Waals surface area contributed by atoms with Crippen LogP contribution < -0.4 is 14.4 Å². The standard InChI is InChI=1S/C19H19F3N2O4S/c1-13(25)24-10-4-6-14-11-16(8-9-17(14)24)29(26,27)23-12-15-5-2-3-7-18(15)28-19(20,21)22/h2-3,5,7-9,11,23H,4,6,10,12H2,1H3. The monoisotopic (exact) mass is 428 g/mol. The van der Waals surface area contributed by atoms with Gasteiger partial charge in [0.2, 0.25) is 15.9 Å². The van der Waals surface area contributed by atoms with E-state index in [1.807, 2.05) is 0 Å². The summed E-state index contributed by atoms with van der Waals surface area (Å²) in [4.78, 5) is 13.3. The predicted octanol–water partition coefficient (Wildman–Crippen LogP) is 3.36. The number of benzene rings is 2. The van der Waals surface area contributed by atoms with Crippen LogP contribution in [0.25, 0.3) is 0 Å². The van der Waals surface area contributed by atoms with E-state index in [-0.39, 0.29) is 22.9 Å². The predicted molar refractivity (Wildman–Crippen MR) is 99.9 cm³/mol. The summed E-state index contributed by atoms with van der Waals surface area (Å²) in [5, 5.41) is 0. The first-order valence-electron chi connectivity index (χ1n) is 8.81. The number of alkyl halides is 3. The lowest BCUT2D eigenvalue weighted by Crippen LogP contribution is -2.33. The fourth-order valence-corrected chi connectivity index (χ4v) is 4.25. The molecule has 1 N–H and O–H groups in total. The van der Waals surface area contributed by atoms with Crippen molar-refractivity contribution < 1.29 is 31.1 Å². The van der Waals surface area contributed by atoms with Gasteiger partial charge in [-0.25, -0.2) is 13.1 Å². The normalized spacial score (nSPS) is 14.4. The maximum absolute atomic E-state index is 12.6. The number of nitrogens with one attached hydrogen (secondary N) is 1. The minimum atomic E-state index is -4.88. The van der Waals surface area contributed by atoms with E-state index in [2.05, 4.69) is 9.46 Å². The number of aryl methyl sites for hydroxylation is 1. The fourth-order valence-electron chi connectivity index (χ4n) is 3.20. The van der Waals surface area contributed by atoms with Crippen LogP contribution in [-0.2, 0) is 27.8 Å². The van der Waals surface area contributed by atoms with Gasteiger partial charge in [0, 0.05) is 31.3 Å². The summed E-state index contributed by atoms with van der Waals surface area (Å²) in [6, 6.07) is 9.76. The van der Waals surface area contributed by atoms with Gasteiger partial charge in [-0.2, -0.15) is 0 Å². The van der Waals surface area contributed by atoms with Gasteiger partial charge in [0.05, 0.1) is 4.90 Å². The van der Waals surface area contributed by atoms with Crippen LogP contribution in [0, 0.1) is 0 Å². The number of anilines is 1. The molecule has 0 aliphatic carbocycles. The topological polar surface area (TPSA) is 75.7 Å². The van der Waals surface area contributed by atoms with Crippen molar-refractivity contribution in [3.63, 3.8) is 0 Å². The van der Waals surface area contributed by atoms with Crippen molar-refractivity contribution in [2.24, 2.45) is 0 Å². The van der Waals surface area contributed by atoms with Crippen molar-refractivity contribution in [1.82, 2.24) is 4.72 Å². The Morgan fingerprint density at radius 1 is 1.21 bits per heavy atom. The van der Waals surface area contributed by atoms with Crippen LogP contribution in [0.1, 0.15) is 24.5 Å². The zero-order valence-corrected chi connectivity index (χ0v) is 16.3. The summed E-state index contributed by atoms with van der Waals surface area (Å²) < 4.78 is 69.1. The number of para-hydroxylation sites is 1. The van der Waals surface area contributed by atoms with E-state index in [0.29, 0.717) is 25.1 Å². The van der Waals surface area contributed by atoms with Crippen LogP contribution in [0.4, 0.5) is 18.9 Å². The summed E-state index contributed by atoms with van der Waals surface area (Å²) >= 11 is 0. The second kappa shape index (κ2) is 8.03. The summed E-state index contributed by atoms with van der Waals surface area (Å²) in [7, 11) is -3.98. The Bertz CT molecular complexity index is 1020. The lowest BCUT2D eigenvalue weighted by molar-refractivity contribution is -0.274. The number of fused-ring (bicyclic) bond motifs is 1. The van der Waals surface area contributed by atoms with Crippen LogP contribution in [-0.4, -0.2) is 27.2 Å². The smallest absolute Gasteiger partial charge is 0.405 e. The molecule has 0 radical (unpaired) electrons. The van der Waals surface area contributed by atoms with E-state index in [1.165, 1.54) is 37.3 Å². The van der Waals surface area contributed by atoms with Gasteiger partial charge >= 0.3 is 6.36 Å². The van der Waals surface area contributed by atoms with Crippen LogP contribution >= 0.6 is 0 Å². The Hall–Kier alpha value is -2.59. The van der Waals surface area contributed by atoms with Crippen molar-refractivity contribution in [3.8, 4) is 5.75 Å². The van der Waals surface area contributed by atoms with E-state index < -0.39 is 22.1 Å². The second-order valence-corrected chi connectivity index (χ2v) is 8.31. The molecule has 0 fully saturated rings. The quantitative estimate of drug-likeness (QED) is 0.793. The molecule has 2 aromatic carbocycles. The number of halogens is 3. The third-order valence-corrected chi connectivity index (χ3v) is 5.91. The lowest BCUT2D eigenvalue weighted by atomic mass is 10.0. The van der Waals surface area contributed by atoms with Gasteiger partial charge in [-0.1, -0.05) is 18.2 Å². The van der Waals surface area contributed by atoms with Crippen LogP contribution in [0.2, 0.25) is 0 Å². The molecule has 1 amide bonds. The van der Waals surface area contributed by atoms with Crippen LogP contribution in [0.15, 0.2) is 47.4 Å². The number of ether oxygens (including phenoxy) is 1. The highest BCUT2D eigenvalue weighted by atomic mass is 32.2.